The molecular formula is C66H77ClN4O12S4. The number of fused-ring (bicyclic) bond motifs is 2. The Morgan fingerprint density at radius 2 is 0.667 bits per heavy atom. The van der Waals surface area contributed by atoms with E-state index in [4.69, 9.17) is 11.5 Å². The van der Waals surface area contributed by atoms with E-state index >= 15 is 0 Å². The van der Waals surface area contributed by atoms with Crippen LogP contribution in [0, 0.1) is 51.4 Å². The molecule has 6 aliphatic rings. The van der Waals surface area contributed by atoms with Gasteiger partial charge >= 0.3 is 0 Å². The number of nitrogens with zero attached hydrogens (tertiary/aromatic N) is 2. The second kappa shape index (κ2) is 26.8. The molecule has 0 spiro atoms. The molecule has 16 nitrogen and oxygen atoms in total. The molecular weight excluding hydrogens is 1200 g/mol. The molecule has 0 saturated heterocycles. The normalized spacial score (nSPS) is 23.6. The van der Waals surface area contributed by atoms with E-state index in [9.17, 15) is 52.8 Å². The predicted octanol–water partition coefficient (Wildman–Crippen LogP) is 9.90. The summed E-state index contributed by atoms with van der Waals surface area (Å²) in [6.45, 7) is 11.1. The predicted molar refractivity (Wildman–Crippen MR) is 338 cm³/mol. The summed E-state index contributed by atoms with van der Waals surface area (Å²) >= 11 is 0. The topological polar surface area (TPSA) is 263 Å². The van der Waals surface area contributed by atoms with Gasteiger partial charge in [0.2, 0.25) is 0 Å². The van der Waals surface area contributed by atoms with Crippen molar-refractivity contribution >= 4 is 75.4 Å². The molecule has 0 radical (unpaired) electrons. The lowest BCUT2D eigenvalue weighted by molar-refractivity contribution is 0.0409. The Balaban J connectivity index is 0.000000154. The van der Waals surface area contributed by atoms with Crippen LogP contribution in [-0.4, -0.2) is 113 Å². The lowest BCUT2D eigenvalue weighted by Crippen LogP contribution is -2.51. The average molecular weight is 1280 g/mol. The van der Waals surface area contributed by atoms with Crippen molar-refractivity contribution in [3.05, 3.63) is 190 Å². The zero-order chi connectivity index (χ0) is 62.2. The van der Waals surface area contributed by atoms with E-state index in [1.165, 1.54) is 9.80 Å². The maximum atomic E-state index is 12.9. The number of carbonyl (C=O) groups excluding carboxylic acids is 4. The van der Waals surface area contributed by atoms with Gasteiger partial charge in [0.25, 0.3) is 23.6 Å². The van der Waals surface area contributed by atoms with Gasteiger partial charge in [0.05, 0.1) is 63.8 Å². The largest absolute Gasteiger partial charge is 0.328 e. The van der Waals surface area contributed by atoms with Gasteiger partial charge in [-0.15, -0.1) is 12.4 Å². The van der Waals surface area contributed by atoms with Crippen LogP contribution in [0.4, 0.5) is 0 Å². The molecule has 6 aromatic rings. The molecule has 4 saturated carbocycles. The number of rotatable bonds is 14. The minimum absolute atomic E-state index is 0. The summed E-state index contributed by atoms with van der Waals surface area (Å²) in [5.74, 6) is -0.413. The third-order valence-electron chi connectivity index (χ3n) is 17.8. The molecule has 4 amide bonds. The van der Waals surface area contributed by atoms with Gasteiger partial charge in [-0.25, -0.2) is 33.7 Å². The van der Waals surface area contributed by atoms with Gasteiger partial charge in [-0.05, 0) is 212 Å². The summed E-state index contributed by atoms with van der Waals surface area (Å²) in [5.41, 5.74) is 16.9. The molecule has 2 heterocycles. The summed E-state index contributed by atoms with van der Waals surface area (Å²) in [7, 11) is -13.1. The number of imide groups is 2. The lowest BCUT2D eigenvalue weighted by Gasteiger charge is -2.42. The van der Waals surface area contributed by atoms with Crippen molar-refractivity contribution in [2.24, 2.45) is 35.1 Å². The Hall–Kier alpha value is -6.39. The molecule has 2 atom stereocenters. The van der Waals surface area contributed by atoms with Crippen LogP contribution >= 0.6 is 12.4 Å². The van der Waals surface area contributed by atoms with E-state index in [-0.39, 0.29) is 101 Å². The Kier molecular flexibility index (Phi) is 20.5. The van der Waals surface area contributed by atoms with Crippen molar-refractivity contribution in [2.45, 2.75) is 147 Å². The van der Waals surface area contributed by atoms with Crippen molar-refractivity contribution in [2.75, 3.05) is 11.5 Å². The molecule has 6 aromatic carbocycles. The van der Waals surface area contributed by atoms with E-state index in [0.29, 0.717) is 67.5 Å². The van der Waals surface area contributed by atoms with Crippen LogP contribution in [0.25, 0.3) is 0 Å². The fourth-order valence-corrected chi connectivity index (χ4v) is 19.3. The maximum Gasteiger partial charge on any atom is 0.261 e. The molecule has 87 heavy (non-hydrogen) atoms. The van der Waals surface area contributed by atoms with Crippen molar-refractivity contribution in [3.8, 4) is 0 Å². The van der Waals surface area contributed by atoms with Crippen LogP contribution in [-0.2, 0) is 39.3 Å². The van der Waals surface area contributed by atoms with E-state index in [0.717, 1.165) is 47.9 Å². The van der Waals surface area contributed by atoms with Crippen molar-refractivity contribution in [1.82, 2.24) is 9.80 Å². The standard InChI is InChI=1S/C21H21NO4S.C20H19NO4S.C13H19NO2S.C12H17NO2S.ClH/c1-13-6-5-7-17(10-13)27(25,26)14(2)15-11-16(12-15)22-20(23)18-8-3-4-9-19(18)21(22)24;1-13-5-4-6-16(9-13)26(24,25)12-14-10-15(11-14)21-19(22)17-7-2-3-8-18(17)20(21)23;1-9-4-3-5-13(6-9)17(15,16)10(2)11-7-12(14)8-11;1-9-3-2-4-12(5-9)16(14,15)8-10-6-11(13)7-10;/h3-10,14-16H,11-12H2,1-2H3;2-9,14-15H,10-12H2,1H3;3-6,10-12H,7-8,14H2,1-2H3;2-5,10-11H,6-8,13H2,1H3;1H. The molecule has 0 bridgehead atoms. The van der Waals surface area contributed by atoms with Crippen LogP contribution < -0.4 is 11.5 Å². The molecule has 4 aliphatic carbocycles. The van der Waals surface area contributed by atoms with Crippen LogP contribution in [0.1, 0.15) is 129 Å². The highest BCUT2D eigenvalue weighted by Gasteiger charge is 2.49. The number of sulfone groups is 4. The first-order chi connectivity index (χ1) is 40.5. The minimum atomic E-state index is -3.44. The van der Waals surface area contributed by atoms with Gasteiger partial charge < -0.3 is 11.5 Å². The second-order valence-corrected chi connectivity index (χ2v) is 33.0. The number of benzene rings is 6. The Bertz CT molecular complexity index is 3970. The molecule has 4 fully saturated rings. The summed E-state index contributed by atoms with van der Waals surface area (Å²) in [4.78, 5) is 54.2. The first-order valence-electron chi connectivity index (χ1n) is 29.2. The van der Waals surface area contributed by atoms with Gasteiger partial charge in [-0.2, -0.15) is 0 Å². The molecule has 2 aliphatic heterocycles. The Labute approximate surface area is 518 Å². The van der Waals surface area contributed by atoms with Crippen molar-refractivity contribution < 1.29 is 52.8 Å². The molecule has 12 rings (SSSR count). The number of amides is 4. The van der Waals surface area contributed by atoms with Crippen LogP contribution in [0.3, 0.4) is 0 Å². The molecule has 21 heteroatoms. The summed E-state index contributed by atoms with van der Waals surface area (Å²) < 4.78 is 99.8. The quantitative estimate of drug-likeness (QED) is 0.0962. The number of halogens is 1. The number of aryl methyl sites for hydroxylation is 4. The summed E-state index contributed by atoms with van der Waals surface area (Å²) in [6, 6.07) is 41.6. The van der Waals surface area contributed by atoms with Gasteiger partial charge in [0, 0.05) is 24.2 Å². The Morgan fingerprint density at radius 1 is 0.391 bits per heavy atom. The van der Waals surface area contributed by atoms with Crippen LogP contribution in [0.15, 0.2) is 165 Å². The fourth-order valence-electron chi connectivity index (χ4n) is 12.3. The van der Waals surface area contributed by atoms with E-state index in [1.807, 2.05) is 52.0 Å². The van der Waals surface area contributed by atoms with E-state index < -0.39 is 44.6 Å². The highest BCUT2D eigenvalue weighted by atomic mass is 35.5. The number of hydrogen-bond acceptors (Lipinski definition) is 14. The van der Waals surface area contributed by atoms with Crippen LogP contribution in [0.2, 0.25) is 0 Å². The maximum absolute atomic E-state index is 12.9. The second-order valence-electron chi connectivity index (χ2n) is 24.3. The van der Waals surface area contributed by atoms with Gasteiger partial charge in [-0.1, -0.05) is 72.8 Å². The van der Waals surface area contributed by atoms with E-state index in [1.54, 1.807) is 135 Å². The lowest BCUT2D eigenvalue weighted by atomic mass is 9.77. The Morgan fingerprint density at radius 3 is 0.977 bits per heavy atom. The number of nitrogens with two attached hydrogens (primary N) is 2. The average Bonchev–Trinajstić information content (AvgIpc) is 2.11. The number of carbonyl (C=O) groups is 4. The first-order valence-corrected chi connectivity index (χ1v) is 35.6. The minimum Gasteiger partial charge on any atom is -0.328 e. The number of hydrogen-bond donors (Lipinski definition) is 2. The molecule has 464 valence electrons. The monoisotopic (exact) mass is 1280 g/mol. The smallest absolute Gasteiger partial charge is 0.261 e. The van der Waals surface area contributed by atoms with E-state index in [2.05, 4.69) is 0 Å². The zero-order valence-corrected chi connectivity index (χ0v) is 53.8. The first kappa shape index (κ1) is 66.6. The highest BCUT2D eigenvalue weighted by Crippen LogP contribution is 2.42. The fraction of sp³-hybridized carbons (Fsp3) is 0.394. The van der Waals surface area contributed by atoms with Gasteiger partial charge in [0.15, 0.2) is 39.3 Å². The molecule has 4 N–H and O–H groups in total. The zero-order valence-electron chi connectivity index (χ0n) is 49.7. The summed E-state index contributed by atoms with van der Waals surface area (Å²) in [5, 5.41) is -0.880. The van der Waals surface area contributed by atoms with Gasteiger partial charge in [-0.3, -0.25) is 29.0 Å². The highest BCUT2D eigenvalue weighted by molar-refractivity contribution is 7.92. The third-order valence-corrected chi connectivity index (χ3v) is 26.1. The van der Waals surface area contributed by atoms with Crippen molar-refractivity contribution in [3.63, 3.8) is 0 Å². The van der Waals surface area contributed by atoms with Crippen molar-refractivity contribution in [1.29, 1.82) is 0 Å². The van der Waals surface area contributed by atoms with Gasteiger partial charge in [0.1, 0.15) is 0 Å². The molecule has 2 unspecified atom stereocenters. The summed E-state index contributed by atoms with van der Waals surface area (Å²) in [6.07, 6.45) is 5.46. The molecule has 0 aromatic heterocycles. The van der Waals surface area contributed by atoms with Crippen LogP contribution in [0.5, 0.6) is 0 Å². The SMILES string of the molecule is Cc1cccc(S(=O)(=O)C(C)C2CC(N)C2)c1.Cc1cccc(S(=O)(=O)C(C)C2CC(N3C(=O)c4ccccc4C3=O)C2)c1.Cc1cccc(S(=O)(=O)CC2CC(N)C2)c1.Cc1cccc(S(=O)(=O)CC2CC(N3C(=O)c4ccccc4C3=O)C2)c1.Cl. The third kappa shape index (κ3) is 14.5.